The van der Waals surface area contributed by atoms with Gasteiger partial charge in [0.2, 0.25) is 0 Å². The first-order valence-corrected chi connectivity index (χ1v) is 7.82. The summed E-state index contributed by atoms with van der Waals surface area (Å²) >= 11 is 0. The molecule has 0 amide bonds. The van der Waals surface area contributed by atoms with Crippen LogP contribution in [0.2, 0.25) is 0 Å². The molecule has 2 N–H and O–H groups in total. The zero-order valence-electron chi connectivity index (χ0n) is 12.9. The lowest BCUT2D eigenvalue weighted by Gasteiger charge is -2.34. The Labute approximate surface area is 126 Å². The Morgan fingerprint density at radius 2 is 1.86 bits per heavy atom. The van der Waals surface area contributed by atoms with Crippen LogP contribution in [0.1, 0.15) is 45.2 Å². The van der Waals surface area contributed by atoms with E-state index in [1.54, 1.807) is 0 Å². The van der Waals surface area contributed by atoms with Crippen molar-refractivity contribution < 1.29 is 0 Å². The van der Waals surface area contributed by atoms with E-state index >= 15 is 0 Å². The van der Waals surface area contributed by atoms with Crippen molar-refractivity contribution in [1.82, 2.24) is 20.7 Å². The molecule has 0 atom stereocenters. The SMILES string of the molecule is CC1(C)CCC(NCc2n[nH]nc2-c2ccccc2)CC1. The Hall–Kier alpha value is -1.68. The smallest absolute Gasteiger partial charge is 0.117 e. The number of aromatic amines is 1. The zero-order valence-corrected chi connectivity index (χ0v) is 12.9. The maximum absolute atomic E-state index is 4.31. The summed E-state index contributed by atoms with van der Waals surface area (Å²) in [6, 6.07) is 10.8. The maximum atomic E-state index is 4.31. The van der Waals surface area contributed by atoms with Gasteiger partial charge >= 0.3 is 0 Å². The van der Waals surface area contributed by atoms with Gasteiger partial charge in [0, 0.05) is 18.2 Å². The van der Waals surface area contributed by atoms with Crippen molar-refractivity contribution in [2.45, 2.75) is 52.1 Å². The third-order valence-electron chi connectivity index (χ3n) is 4.56. The minimum Gasteiger partial charge on any atom is -0.308 e. The Morgan fingerprint density at radius 1 is 1.14 bits per heavy atom. The summed E-state index contributed by atoms with van der Waals surface area (Å²) in [5, 5.41) is 15.0. The molecule has 0 bridgehead atoms. The van der Waals surface area contributed by atoms with Crippen molar-refractivity contribution >= 4 is 0 Å². The molecule has 2 aromatic rings. The number of benzene rings is 1. The summed E-state index contributed by atoms with van der Waals surface area (Å²) in [4.78, 5) is 0. The first kappa shape index (κ1) is 14.3. The van der Waals surface area contributed by atoms with Gasteiger partial charge in [-0.15, -0.1) is 0 Å². The van der Waals surface area contributed by atoms with Crippen LogP contribution in [-0.2, 0) is 6.54 Å². The third-order valence-corrected chi connectivity index (χ3v) is 4.56. The highest BCUT2D eigenvalue weighted by atomic mass is 15.3. The second kappa shape index (κ2) is 5.98. The number of aromatic nitrogens is 3. The van der Waals surface area contributed by atoms with Gasteiger partial charge in [-0.3, -0.25) is 0 Å². The van der Waals surface area contributed by atoms with Crippen molar-refractivity contribution in [3.8, 4) is 11.3 Å². The van der Waals surface area contributed by atoms with E-state index in [9.17, 15) is 0 Å². The molecule has 0 aliphatic heterocycles. The van der Waals surface area contributed by atoms with Gasteiger partial charge in [-0.25, -0.2) is 0 Å². The van der Waals surface area contributed by atoms with Crippen LogP contribution >= 0.6 is 0 Å². The lowest BCUT2D eigenvalue weighted by atomic mass is 9.75. The van der Waals surface area contributed by atoms with Gasteiger partial charge in [-0.2, -0.15) is 15.4 Å². The molecular weight excluding hydrogens is 260 g/mol. The van der Waals surface area contributed by atoms with Gasteiger partial charge in [0.25, 0.3) is 0 Å². The predicted molar refractivity (Wildman–Crippen MR) is 84.7 cm³/mol. The van der Waals surface area contributed by atoms with Crippen molar-refractivity contribution in [2.75, 3.05) is 0 Å². The normalized spacial score (nSPS) is 18.8. The van der Waals surface area contributed by atoms with Crippen LogP contribution in [-0.4, -0.2) is 21.5 Å². The Balaban J connectivity index is 1.61. The number of hydrogen-bond donors (Lipinski definition) is 2. The number of nitrogens with zero attached hydrogens (tertiary/aromatic N) is 2. The first-order chi connectivity index (χ1) is 10.1. The minimum atomic E-state index is 0.515. The number of hydrogen-bond acceptors (Lipinski definition) is 3. The quantitative estimate of drug-likeness (QED) is 0.903. The summed E-state index contributed by atoms with van der Waals surface area (Å²) in [6.45, 7) is 5.52. The van der Waals surface area contributed by atoms with Crippen LogP contribution in [0, 0.1) is 5.41 Å². The Morgan fingerprint density at radius 3 is 2.57 bits per heavy atom. The molecule has 112 valence electrons. The number of rotatable bonds is 4. The summed E-state index contributed by atoms with van der Waals surface area (Å²) in [5.41, 5.74) is 3.60. The largest absolute Gasteiger partial charge is 0.308 e. The van der Waals surface area contributed by atoms with E-state index in [2.05, 4.69) is 46.7 Å². The van der Waals surface area contributed by atoms with Gasteiger partial charge in [0.05, 0.1) is 0 Å². The van der Waals surface area contributed by atoms with Crippen LogP contribution in [0.15, 0.2) is 30.3 Å². The van der Waals surface area contributed by atoms with E-state index in [0.717, 1.165) is 23.5 Å². The van der Waals surface area contributed by atoms with E-state index in [0.29, 0.717) is 11.5 Å². The fourth-order valence-corrected chi connectivity index (χ4v) is 3.05. The van der Waals surface area contributed by atoms with Gasteiger partial charge in [0.1, 0.15) is 11.4 Å². The average Bonchev–Trinajstić information content (AvgIpc) is 2.95. The molecule has 1 aliphatic carbocycles. The average molecular weight is 284 g/mol. The van der Waals surface area contributed by atoms with Crippen LogP contribution in [0.5, 0.6) is 0 Å². The van der Waals surface area contributed by atoms with Crippen LogP contribution in [0.25, 0.3) is 11.3 Å². The molecule has 0 spiro atoms. The monoisotopic (exact) mass is 284 g/mol. The molecule has 1 fully saturated rings. The standard InChI is InChI=1S/C17H24N4/c1-17(2)10-8-14(9-11-17)18-12-15-16(20-21-19-15)13-6-4-3-5-7-13/h3-7,14,18H,8-12H2,1-2H3,(H,19,20,21). The van der Waals surface area contributed by atoms with E-state index in [-0.39, 0.29) is 0 Å². The minimum absolute atomic E-state index is 0.515. The highest BCUT2D eigenvalue weighted by molar-refractivity contribution is 5.60. The van der Waals surface area contributed by atoms with Gasteiger partial charge < -0.3 is 5.32 Å². The van der Waals surface area contributed by atoms with E-state index < -0.39 is 0 Å². The number of H-pyrrole nitrogens is 1. The lowest BCUT2D eigenvalue weighted by molar-refractivity contribution is 0.206. The highest BCUT2D eigenvalue weighted by Gasteiger charge is 2.26. The summed E-state index contributed by atoms with van der Waals surface area (Å²) in [5.74, 6) is 0. The van der Waals surface area contributed by atoms with E-state index in [4.69, 9.17) is 0 Å². The summed E-state index contributed by atoms with van der Waals surface area (Å²) in [6.07, 6.45) is 5.11. The molecule has 1 aromatic heterocycles. The zero-order chi connectivity index (χ0) is 14.7. The van der Waals surface area contributed by atoms with Gasteiger partial charge in [-0.05, 0) is 31.1 Å². The molecule has 4 nitrogen and oxygen atoms in total. The van der Waals surface area contributed by atoms with Crippen molar-refractivity contribution in [1.29, 1.82) is 0 Å². The molecule has 1 aliphatic rings. The molecule has 3 rings (SSSR count). The predicted octanol–water partition coefficient (Wildman–Crippen LogP) is 3.53. The molecule has 0 radical (unpaired) electrons. The van der Waals surface area contributed by atoms with Crippen molar-refractivity contribution in [3.63, 3.8) is 0 Å². The summed E-state index contributed by atoms with van der Waals surface area (Å²) in [7, 11) is 0. The second-order valence-electron chi connectivity index (χ2n) is 6.80. The fourth-order valence-electron chi connectivity index (χ4n) is 3.05. The van der Waals surface area contributed by atoms with E-state index in [1.807, 2.05) is 18.2 Å². The fraction of sp³-hybridized carbons (Fsp3) is 0.529. The molecule has 4 heteroatoms. The highest BCUT2D eigenvalue weighted by Crippen LogP contribution is 2.35. The van der Waals surface area contributed by atoms with Crippen LogP contribution < -0.4 is 5.32 Å². The van der Waals surface area contributed by atoms with Crippen LogP contribution in [0.3, 0.4) is 0 Å². The van der Waals surface area contributed by atoms with Gasteiger partial charge in [0.15, 0.2) is 0 Å². The van der Waals surface area contributed by atoms with Crippen molar-refractivity contribution in [2.24, 2.45) is 5.41 Å². The molecule has 1 heterocycles. The lowest BCUT2D eigenvalue weighted by Crippen LogP contribution is -2.35. The topological polar surface area (TPSA) is 53.6 Å². The summed E-state index contributed by atoms with van der Waals surface area (Å²) < 4.78 is 0. The molecular formula is C17H24N4. The molecule has 1 saturated carbocycles. The third kappa shape index (κ3) is 3.50. The molecule has 21 heavy (non-hydrogen) atoms. The Bertz CT molecular complexity index is 563. The maximum Gasteiger partial charge on any atom is 0.117 e. The van der Waals surface area contributed by atoms with E-state index in [1.165, 1.54) is 25.7 Å². The number of nitrogens with one attached hydrogen (secondary N) is 2. The van der Waals surface area contributed by atoms with Gasteiger partial charge in [-0.1, -0.05) is 44.2 Å². The second-order valence-corrected chi connectivity index (χ2v) is 6.80. The van der Waals surface area contributed by atoms with Crippen molar-refractivity contribution in [3.05, 3.63) is 36.0 Å². The Kier molecular flexibility index (Phi) is 4.06. The molecule has 1 aromatic carbocycles. The molecule has 0 unspecified atom stereocenters. The van der Waals surface area contributed by atoms with Crippen LogP contribution in [0.4, 0.5) is 0 Å². The first-order valence-electron chi connectivity index (χ1n) is 7.82. The molecule has 0 saturated heterocycles.